The van der Waals surface area contributed by atoms with E-state index in [0.717, 1.165) is 6.92 Å². The molecular weight excluding hydrogens is 195 g/mol. The van der Waals surface area contributed by atoms with Crippen LogP contribution in [0.2, 0.25) is 0 Å². The molecule has 0 fully saturated rings. The summed E-state index contributed by atoms with van der Waals surface area (Å²) >= 11 is 0. The molecule has 0 rings (SSSR count). The largest absolute Gasteiger partial charge is 1.00 e. The average Bonchev–Trinajstić information content (AvgIpc) is 1.80. The number of hydrogen-bond donors (Lipinski definition) is 0. The van der Waals surface area contributed by atoms with Crippen LogP contribution in [0, 0.1) is 0 Å². The molecule has 0 bridgehead atoms. The van der Waals surface area contributed by atoms with Gasteiger partial charge in [-0.05, 0) is 0 Å². The maximum Gasteiger partial charge on any atom is 1.00 e. The summed E-state index contributed by atoms with van der Waals surface area (Å²) in [6.07, 6.45) is 0. The third kappa shape index (κ3) is 8.22. The summed E-state index contributed by atoms with van der Waals surface area (Å²) in [6.45, 7) is 4.23. The smallest absolute Gasteiger partial charge is 0.745 e. The van der Waals surface area contributed by atoms with Crippen LogP contribution >= 0.6 is 0 Å². The SMILES string of the molecule is C=C(OCS(=O)(=O)[O-])C(C)=O.[Na+]. The Kier molecular flexibility index (Phi) is 6.97. The van der Waals surface area contributed by atoms with Gasteiger partial charge in [0.25, 0.3) is 0 Å². The van der Waals surface area contributed by atoms with Crippen molar-refractivity contribution in [1.82, 2.24) is 0 Å². The minimum Gasteiger partial charge on any atom is -0.745 e. The summed E-state index contributed by atoms with van der Waals surface area (Å²) in [6, 6.07) is 0. The van der Waals surface area contributed by atoms with E-state index in [4.69, 9.17) is 0 Å². The minimum absolute atomic E-state index is 0. The van der Waals surface area contributed by atoms with E-state index >= 15 is 0 Å². The Morgan fingerprint density at radius 1 is 1.58 bits per heavy atom. The van der Waals surface area contributed by atoms with Crippen molar-refractivity contribution >= 4 is 15.9 Å². The molecule has 0 aliphatic heterocycles. The Morgan fingerprint density at radius 2 is 2.00 bits per heavy atom. The molecule has 0 saturated carbocycles. The number of hydrogen-bond acceptors (Lipinski definition) is 5. The second-order valence-electron chi connectivity index (χ2n) is 1.80. The van der Waals surface area contributed by atoms with Crippen molar-refractivity contribution in [2.24, 2.45) is 0 Å². The van der Waals surface area contributed by atoms with Gasteiger partial charge in [0.2, 0.25) is 0 Å². The summed E-state index contributed by atoms with van der Waals surface area (Å²) < 4.78 is 34.0. The molecular formula is C5H7NaO5S. The first-order valence-corrected chi connectivity index (χ1v) is 4.17. The van der Waals surface area contributed by atoms with Crippen LogP contribution in [0.3, 0.4) is 0 Å². The van der Waals surface area contributed by atoms with Gasteiger partial charge in [-0.2, -0.15) is 0 Å². The van der Waals surface area contributed by atoms with Gasteiger partial charge in [0.1, 0.15) is 10.1 Å². The molecule has 12 heavy (non-hydrogen) atoms. The van der Waals surface area contributed by atoms with Crippen LogP contribution in [0.4, 0.5) is 0 Å². The quantitative estimate of drug-likeness (QED) is 0.205. The molecule has 0 saturated heterocycles. The second-order valence-corrected chi connectivity index (χ2v) is 3.15. The summed E-state index contributed by atoms with van der Waals surface area (Å²) in [4.78, 5) is 10.3. The van der Waals surface area contributed by atoms with Gasteiger partial charge in [-0.25, -0.2) is 8.42 Å². The third-order valence-electron chi connectivity index (χ3n) is 0.770. The van der Waals surface area contributed by atoms with Crippen LogP contribution in [-0.4, -0.2) is 24.7 Å². The van der Waals surface area contributed by atoms with Crippen LogP contribution in [0.15, 0.2) is 12.3 Å². The Morgan fingerprint density at radius 3 is 2.25 bits per heavy atom. The molecule has 0 spiro atoms. The van der Waals surface area contributed by atoms with Crippen molar-refractivity contribution < 1.29 is 52.1 Å². The number of ether oxygens (including phenoxy) is 1. The van der Waals surface area contributed by atoms with E-state index in [1.807, 2.05) is 0 Å². The van der Waals surface area contributed by atoms with Gasteiger partial charge in [0.05, 0.1) is 0 Å². The summed E-state index contributed by atoms with van der Waals surface area (Å²) in [5, 5.41) is 0. The molecule has 0 N–H and O–H groups in total. The molecule has 0 aliphatic carbocycles. The van der Waals surface area contributed by atoms with Crippen LogP contribution in [0.1, 0.15) is 6.92 Å². The summed E-state index contributed by atoms with van der Waals surface area (Å²) in [7, 11) is -4.44. The molecule has 0 aromatic carbocycles. The van der Waals surface area contributed by atoms with Crippen molar-refractivity contribution in [3.8, 4) is 0 Å². The zero-order chi connectivity index (χ0) is 9.07. The number of rotatable bonds is 4. The van der Waals surface area contributed by atoms with Gasteiger partial charge in [0.15, 0.2) is 17.5 Å². The molecule has 0 heterocycles. The van der Waals surface area contributed by atoms with Gasteiger partial charge >= 0.3 is 29.6 Å². The maximum atomic E-state index is 10.3. The number of carbonyl (C=O) groups is 1. The monoisotopic (exact) mass is 202 g/mol. The average molecular weight is 202 g/mol. The van der Waals surface area contributed by atoms with E-state index in [9.17, 15) is 17.8 Å². The Labute approximate surface area is 92.8 Å². The Bertz CT molecular complexity index is 268. The van der Waals surface area contributed by atoms with Gasteiger partial charge in [0, 0.05) is 6.92 Å². The molecule has 0 aliphatic rings. The van der Waals surface area contributed by atoms with E-state index < -0.39 is 21.8 Å². The standard InChI is InChI=1S/C5H8O5S.Na/c1-4(6)5(2)10-3-11(7,8)9;/h2-3H2,1H3,(H,7,8,9);/q;+1/p-1. The van der Waals surface area contributed by atoms with Crippen molar-refractivity contribution in [2.45, 2.75) is 6.92 Å². The predicted molar refractivity (Wildman–Crippen MR) is 35.5 cm³/mol. The maximum absolute atomic E-state index is 10.3. The van der Waals surface area contributed by atoms with Crippen molar-refractivity contribution in [1.29, 1.82) is 0 Å². The van der Waals surface area contributed by atoms with Crippen molar-refractivity contribution in [3.63, 3.8) is 0 Å². The molecule has 7 heteroatoms. The Balaban J connectivity index is 0. The third-order valence-corrected chi connectivity index (χ3v) is 1.18. The fourth-order valence-electron chi connectivity index (χ4n) is 0.245. The van der Waals surface area contributed by atoms with E-state index in [1.54, 1.807) is 0 Å². The molecule has 5 nitrogen and oxygen atoms in total. The molecule has 0 aromatic heterocycles. The topological polar surface area (TPSA) is 83.5 Å². The van der Waals surface area contributed by atoms with E-state index in [-0.39, 0.29) is 35.3 Å². The van der Waals surface area contributed by atoms with Gasteiger partial charge in [-0.15, -0.1) is 0 Å². The number of Topliss-reactive ketones (excluding diaryl/α,β-unsaturated/α-hetero) is 1. The van der Waals surface area contributed by atoms with Crippen LogP contribution in [-0.2, 0) is 19.6 Å². The first-order chi connectivity index (χ1) is 4.83. The number of ketones is 1. The molecule has 64 valence electrons. The zero-order valence-corrected chi connectivity index (χ0v) is 9.68. The van der Waals surface area contributed by atoms with Crippen molar-refractivity contribution in [3.05, 3.63) is 12.3 Å². The van der Waals surface area contributed by atoms with Crippen LogP contribution in [0.25, 0.3) is 0 Å². The molecule has 0 unspecified atom stereocenters. The minimum atomic E-state index is -4.44. The molecule has 0 amide bonds. The second kappa shape index (κ2) is 5.71. The van der Waals surface area contributed by atoms with Crippen molar-refractivity contribution in [2.75, 3.05) is 5.94 Å². The first kappa shape index (κ1) is 14.6. The number of carbonyl (C=O) groups excluding carboxylic acids is 1. The summed E-state index contributed by atoms with van der Waals surface area (Å²) in [5.41, 5.74) is 0. The zero-order valence-electron chi connectivity index (χ0n) is 6.86. The van der Waals surface area contributed by atoms with Gasteiger partial charge in [-0.3, -0.25) is 4.79 Å². The van der Waals surface area contributed by atoms with E-state index in [0.29, 0.717) is 0 Å². The van der Waals surface area contributed by atoms with Crippen LogP contribution < -0.4 is 29.6 Å². The molecule has 0 radical (unpaired) electrons. The van der Waals surface area contributed by atoms with E-state index in [1.165, 1.54) is 0 Å². The summed E-state index contributed by atoms with van der Waals surface area (Å²) in [5.74, 6) is -1.89. The van der Waals surface area contributed by atoms with Gasteiger partial charge in [-0.1, -0.05) is 6.58 Å². The van der Waals surface area contributed by atoms with Crippen LogP contribution in [0.5, 0.6) is 0 Å². The normalized spacial score (nSPS) is 9.83. The fourth-order valence-corrected chi connectivity index (χ4v) is 0.532. The van der Waals surface area contributed by atoms with E-state index in [2.05, 4.69) is 11.3 Å². The Hall–Kier alpha value is 0.120. The first-order valence-electron chi connectivity index (χ1n) is 2.59. The number of allylic oxidation sites excluding steroid dienone is 1. The molecule has 0 aromatic rings. The van der Waals surface area contributed by atoms with Gasteiger partial charge < -0.3 is 9.29 Å². The predicted octanol–water partition coefficient (Wildman–Crippen LogP) is -3.39. The molecule has 0 atom stereocenters. The fraction of sp³-hybridized carbons (Fsp3) is 0.400.